The molecule has 1 aliphatic rings. The Kier molecular flexibility index (Phi) is 6.86. The quantitative estimate of drug-likeness (QED) is 0.382. The van der Waals surface area contributed by atoms with E-state index >= 15 is 0 Å². The first-order valence-electron chi connectivity index (χ1n) is 12.0. The largest absolute Gasteiger partial charge is 0.340 e. The lowest BCUT2D eigenvalue weighted by Crippen LogP contribution is -2.49. The summed E-state index contributed by atoms with van der Waals surface area (Å²) in [4.78, 5) is 25.8. The SMILES string of the molecule is Cc1ccc(-c2noc(C(C)N3CCN(C(=O)CCc4nc(-c5ccc(F)cc5)no4)CC3)n2)cc1. The first kappa shape index (κ1) is 23.8. The molecule has 0 bridgehead atoms. The van der Waals surface area contributed by atoms with E-state index in [9.17, 15) is 9.18 Å². The summed E-state index contributed by atoms with van der Waals surface area (Å²) in [6.45, 7) is 6.74. The molecule has 1 saturated heterocycles. The normalized spacial score (nSPS) is 15.2. The Hall–Kier alpha value is -3.92. The van der Waals surface area contributed by atoms with Gasteiger partial charge >= 0.3 is 0 Å². The van der Waals surface area contributed by atoms with Crippen molar-refractivity contribution in [3.8, 4) is 22.8 Å². The number of benzene rings is 2. The fraction of sp³-hybridized carbons (Fsp3) is 0.346. The van der Waals surface area contributed by atoms with Crippen LogP contribution in [-0.4, -0.2) is 62.2 Å². The second kappa shape index (κ2) is 10.4. The van der Waals surface area contributed by atoms with Gasteiger partial charge in [-0.25, -0.2) is 4.39 Å². The minimum absolute atomic E-state index is 0.0442. The molecule has 0 saturated carbocycles. The van der Waals surface area contributed by atoms with Crippen LogP contribution in [0.2, 0.25) is 0 Å². The van der Waals surface area contributed by atoms with Crippen LogP contribution < -0.4 is 0 Å². The van der Waals surface area contributed by atoms with E-state index in [1.54, 1.807) is 12.1 Å². The molecule has 3 heterocycles. The lowest BCUT2D eigenvalue weighted by atomic mass is 10.1. The van der Waals surface area contributed by atoms with Crippen molar-refractivity contribution in [1.82, 2.24) is 30.1 Å². The van der Waals surface area contributed by atoms with Crippen LogP contribution in [0.3, 0.4) is 0 Å². The van der Waals surface area contributed by atoms with Crippen LogP contribution in [0.5, 0.6) is 0 Å². The molecular weight excluding hydrogens is 463 g/mol. The van der Waals surface area contributed by atoms with Crippen molar-refractivity contribution in [2.45, 2.75) is 32.7 Å². The van der Waals surface area contributed by atoms with Crippen LogP contribution in [0.15, 0.2) is 57.6 Å². The molecule has 1 fully saturated rings. The Morgan fingerprint density at radius 2 is 1.53 bits per heavy atom. The molecule has 1 atom stereocenters. The number of piperazine rings is 1. The predicted octanol–water partition coefficient (Wildman–Crippen LogP) is 4.07. The Morgan fingerprint density at radius 1 is 0.917 bits per heavy atom. The summed E-state index contributed by atoms with van der Waals surface area (Å²) >= 11 is 0. The van der Waals surface area contributed by atoms with Crippen LogP contribution in [0, 0.1) is 12.7 Å². The van der Waals surface area contributed by atoms with Crippen LogP contribution in [0.25, 0.3) is 22.8 Å². The lowest BCUT2D eigenvalue weighted by molar-refractivity contribution is -0.133. The second-order valence-electron chi connectivity index (χ2n) is 8.93. The van der Waals surface area contributed by atoms with E-state index in [1.165, 1.54) is 17.7 Å². The fourth-order valence-electron chi connectivity index (χ4n) is 4.18. The number of carbonyl (C=O) groups is 1. The molecule has 0 spiro atoms. The molecule has 9 nitrogen and oxygen atoms in total. The summed E-state index contributed by atoms with van der Waals surface area (Å²) in [7, 11) is 0. The van der Waals surface area contributed by atoms with Gasteiger partial charge in [0.2, 0.25) is 29.3 Å². The third-order valence-electron chi connectivity index (χ3n) is 6.45. The van der Waals surface area contributed by atoms with Crippen molar-refractivity contribution in [2.75, 3.05) is 26.2 Å². The van der Waals surface area contributed by atoms with Gasteiger partial charge in [0, 0.05) is 50.1 Å². The number of hydrogen-bond donors (Lipinski definition) is 0. The molecule has 0 aliphatic carbocycles. The molecule has 0 radical (unpaired) electrons. The number of rotatable bonds is 7. The van der Waals surface area contributed by atoms with E-state index in [1.807, 2.05) is 43.0 Å². The molecular formula is C26H27FN6O3. The van der Waals surface area contributed by atoms with Crippen molar-refractivity contribution in [3.63, 3.8) is 0 Å². The van der Waals surface area contributed by atoms with Gasteiger partial charge in [-0.1, -0.05) is 40.1 Å². The summed E-state index contributed by atoms with van der Waals surface area (Å²) in [5.74, 6) is 1.63. The van der Waals surface area contributed by atoms with E-state index in [2.05, 4.69) is 25.2 Å². The zero-order valence-corrected chi connectivity index (χ0v) is 20.2. The van der Waals surface area contributed by atoms with Gasteiger partial charge in [0.15, 0.2) is 0 Å². The molecule has 36 heavy (non-hydrogen) atoms. The van der Waals surface area contributed by atoms with E-state index in [4.69, 9.17) is 9.05 Å². The van der Waals surface area contributed by atoms with Gasteiger partial charge in [0.05, 0.1) is 6.04 Å². The molecule has 1 aliphatic heterocycles. The molecule has 4 aromatic rings. The maximum atomic E-state index is 13.1. The van der Waals surface area contributed by atoms with Gasteiger partial charge in [0.25, 0.3) is 0 Å². The molecule has 0 N–H and O–H groups in total. The number of aryl methyl sites for hydroxylation is 2. The first-order valence-corrected chi connectivity index (χ1v) is 12.0. The van der Waals surface area contributed by atoms with E-state index in [0.717, 1.165) is 5.56 Å². The second-order valence-corrected chi connectivity index (χ2v) is 8.93. The molecule has 186 valence electrons. The third-order valence-corrected chi connectivity index (χ3v) is 6.45. The lowest BCUT2D eigenvalue weighted by Gasteiger charge is -2.36. The topological polar surface area (TPSA) is 101 Å². The van der Waals surface area contributed by atoms with Crippen LogP contribution >= 0.6 is 0 Å². The summed E-state index contributed by atoms with van der Waals surface area (Å²) in [5.41, 5.74) is 2.76. The van der Waals surface area contributed by atoms with Gasteiger partial charge < -0.3 is 13.9 Å². The van der Waals surface area contributed by atoms with Gasteiger partial charge in [-0.3, -0.25) is 9.69 Å². The highest BCUT2D eigenvalue weighted by Crippen LogP contribution is 2.24. The average molecular weight is 491 g/mol. The zero-order valence-electron chi connectivity index (χ0n) is 20.2. The highest BCUT2D eigenvalue weighted by molar-refractivity contribution is 5.76. The molecule has 1 unspecified atom stereocenters. The summed E-state index contributed by atoms with van der Waals surface area (Å²) in [6.07, 6.45) is 0.636. The summed E-state index contributed by atoms with van der Waals surface area (Å²) in [6, 6.07) is 13.8. The van der Waals surface area contributed by atoms with Crippen molar-refractivity contribution in [3.05, 3.63) is 71.7 Å². The van der Waals surface area contributed by atoms with Gasteiger partial charge in [0.1, 0.15) is 5.82 Å². The molecule has 2 aromatic carbocycles. The Bertz CT molecular complexity index is 1310. The monoisotopic (exact) mass is 490 g/mol. The molecule has 10 heteroatoms. The van der Waals surface area contributed by atoms with E-state index in [0.29, 0.717) is 61.6 Å². The smallest absolute Gasteiger partial charge is 0.244 e. The number of aromatic nitrogens is 4. The summed E-state index contributed by atoms with van der Waals surface area (Å²) in [5, 5.41) is 8.07. The minimum atomic E-state index is -0.327. The van der Waals surface area contributed by atoms with E-state index < -0.39 is 0 Å². The molecule has 2 aromatic heterocycles. The maximum absolute atomic E-state index is 13.1. The highest BCUT2D eigenvalue weighted by Gasteiger charge is 2.28. The average Bonchev–Trinajstić information content (AvgIpc) is 3.58. The van der Waals surface area contributed by atoms with Crippen LogP contribution in [0.4, 0.5) is 4.39 Å². The standard InChI is InChI=1S/C26H27FN6O3/c1-17-3-5-19(6-4-17)25-29-26(36-31-25)18(2)32-13-15-33(16-14-32)23(34)12-11-22-28-24(30-35-22)20-7-9-21(27)10-8-20/h3-10,18H,11-16H2,1-2H3. The Balaban J connectivity index is 1.11. The van der Waals surface area contributed by atoms with Gasteiger partial charge in [-0.15, -0.1) is 0 Å². The minimum Gasteiger partial charge on any atom is -0.340 e. The number of hydrogen-bond acceptors (Lipinski definition) is 8. The van der Waals surface area contributed by atoms with Gasteiger partial charge in [-0.05, 0) is 38.1 Å². The Labute approximate surface area is 207 Å². The zero-order chi connectivity index (χ0) is 25.1. The Morgan fingerprint density at radius 3 is 2.22 bits per heavy atom. The van der Waals surface area contributed by atoms with Crippen molar-refractivity contribution >= 4 is 5.91 Å². The number of nitrogens with zero attached hydrogens (tertiary/aromatic N) is 6. The van der Waals surface area contributed by atoms with Crippen molar-refractivity contribution < 1.29 is 18.2 Å². The number of amides is 1. The number of carbonyl (C=O) groups excluding carboxylic acids is 1. The highest BCUT2D eigenvalue weighted by atomic mass is 19.1. The third kappa shape index (κ3) is 5.33. The van der Waals surface area contributed by atoms with Crippen molar-refractivity contribution in [2.24, 2.45) is 0 Å². The summed E-state index contributed by atoms with van der Waals surface area (Å²) < 4.78 is 23.9. The molecule has 5 rings (SSSR count). The van der Waals surface area contributed by atoms with E-state index in [-0.39, 0.29) is 24.2 Å². The van der Waals surface area contributed by atoms with Crippen molar-refractivity contribution in [1.29, 1.82) is 0 Å². The number of halogens is 1. The van der Waals surface area contributed by atoms with Gasteiger partial charge in [-0.2, -0.15) is 9.97 Å². The predicted molar refractivity (Wildman–Crippen MR) is 129 cm³/mol. The van der Waals surface area contributed by atoms with Crippen LogP contribution in [-0.2, 0) is 11.2 Å². The first-order chi connectivity index (χ1) is 17.5. The molecule has 1 amide bonds. The maximum Gasteiger partial charge on any atom is 0.244 e. The fourth-order valence-corrected chi connectivity index (χ4v) is 4.18. The van der Waals surface area contributed by atoms with Crippen LogP contribution in [0.1, 0.15) is 36.7 Å².